The number of hydrogen-bond acceptors (Lipinski definition) is 4. The average Bonchev–Trinajstić information content (AvgIpc) is 2.67. The topological polar surface area (TPSA) is 87.7 Å². The maximum absolute atomic E-state index is 11.3. The van der Waals surface area contributed by atoms with Gasteiger partial charge >= 0.3 is 0 Å². The zero-order valence-electron chi connectivity index (χ0n) is 8.11. The minimum Gasteiger partial charge on any atom is -0.263 e. The van der Waals surface area contributed by atoms with E-state index in [0.29, 0.717) is 31.1 Å². The van der Waals surface area contributed by atoms with Gasteiger partial charge < -0.3 is 0 Å². The Morgan fingerprint density at radius 1 is 1.53 bits per heavy atom. The summed E-state index contributed by atoms with van der Waals surface area (Å²) in [6.45, 7) is 0.319. The molecule has 86 valence electrons. The van der Waals surface area contributed by atoms with Crippen LogP contribution in [0.2, 0.25) is 0 Å². The second-order valence-electron chi connectivity index (χ2n) is 2.94. The summed E-state index contributed by atoms with van der Waals surface area (Å²) < 4.78 is 25.1. The lowest BCUT2D eigenvalue weighted by Gasteiger charge is -2.03. The predicted molar refractivity (Wildman–Crippen MR) is 57.2 cm³/mol. The molecule has 0 amide bonds. The summed E-state index contributed by atoms with van der Waals surface area (Å²) >= 11 is 5.41. The fourth-order valence-corrected chi connectivity index (χ4v) is 2.37. The second-order valence-corrected chi connectivity index (χ2v) is 5.24. The number of alkyl halides is 1. The molecule has 0 spiro atoms. The molecule has 1 aromatic rings. The smallest absolute Gasteiger partial charge is 0.211 e. The van der Waals surface area contributed by atoms with Gasteiger partial charge in [-0.15, -0.1) is 11.6 Å². The molecule has 1 rings (SSSR count). The fourth-order valence-electron chi connectivity index (χ4n) is 0.993. The Morgan fingerprint density at radius 3 is 2.93 bits per heavy atom. The van der Waals surface area contributed by atoms with Crippen LogP contribution in [0.25, 0.3) is 0 Å². The first kappa shape index (κ1) is 12.4. The van der Waals surface area contributed by atoms with E-state index in [1.165, 1.54) is 6.33 Å². The van der Waals surface area contributed by atoms with Crippen LogP contribution >= 0.6 is 11.6 Å². The van der Waals surface area contributed by atoms with Crippen molar-refractivity contribution in [1.29, 1.82) is 0 Å². The number of nitrogens with zero attached hydrogens (tertiary/aromatic N) is 2. The van der Waals surface area contributed by atoms with E-state index in [-0.39, 0.29) is 5.75 Å². The first-order chi connectivity index (χ1) is 7.14. The molecule has 6 nitrogen and oxygen atoms in total. The molecule has 0 saturated carbocycles. The number of H-pyrrole nitrogens is 1. The van der Waals surface area contributed by atoms with E-state index in [4.69, 9.17) is 11.6 Å². The Bertz CT molecular complexity index is 364. The van der Waals surface area contributed by atoms with Gasteiger partial charge in [0, 0.05) is 18.8 Å². The van der Waals surface area contributed by atoms with Gasteiger partial charge in [0.1, 0.15) is 12.2 Å². The van der Waals surface area contributed by atoms with Crippen LogP contribution in [0.3, 0.4) is 0 Å². The lowest BCUT2D eigenvalue weighted by molar-refractivity contribution is 0.579. The molecule has 1 heterocycles. The minimum absolute atomic E-state index is 0.0624. The summed E-state index contributed by atoms with van der Waals surface area (Å²) in [4.78, 5) is 3.88. The molecular formula is C7H13ClN4O2S. The van der Waals surface area contributed by atoms with Gasteiger partial charge in [-0.3, -0.25) is 5.10 Å². The van der Waals surface area contributed by atoms with Crippen molar-refractivity contribution in [1.82, 2.24) is 19.9 Å². The number of aromatic nitrogens is 3. The summed E-state index contributed by atoms with van der Waals surface area (Å²) in [5.74, 6) is 1.07. The monoisotopic (exact) mass is 252 g/mol. The first-order valence-electron chi connectivity index (χ1n) is 4.51. The van der Waals surface area contributed by atoms with Crippen LogP contribution in [-0.4, -0.2) is 41.8 Å². The zero-order chi connectivity index (χ0) is 11.1. The number of rotatable bonds is 7. The summed E-state index contributed by atoms with van der Waals surface area (Å²) in [5, 5.41) is 6.31. The normalized spacial score (nSPS) is 11.8. The summed E-state index contributed by atoms with van der Waals surface area (Å²) in [6.07, 6.45) is 2.34. The van der Waals surface area contributed by atoms with Gasteiger partial charge in [-0.05, 0) is 6.42 Å². The van der Waals surface area contributed by atoms with Gasteiger partial charge in [-0.1, -0.05) is 0 Å². The zero-order valence-corrected chi connectivity index (χ0v) is 9.68. The molecule has 0 fully saturated rings. The Morgan fingerprint density at radius 2 is 2.33 bits per heavy atom. The molecule has 0 unspecified atom stereocenters. The number of hydrogen-bond donors (Lipinski definition) is 2. The van der Waals surface area contributed by atoms with Gasteiger partial charge in [-0.25, -0.2) is 18.1 Å². The van der Waals surface area contributed by atoms with E-state index in [0.717, 1.165) is 0 Å². The van der Waals surface area contributed by atoms with Crippen molar-refractivity contribution in [2.75, 3.05) is 18.2 Å². The van der Waals surface area contributed by atoms with Crippen LogP contribution in [0.5, 0.6) is 0 Å². The molecule has 2 N–H and O–H groups in total. The third-order valence-electron chi connectivity index (χ3n) is 1.70. The van der Waals surface area contributed by atoms with Crippen molar-refractivity contribution in [3.63, 3.8) is 0 Å². The average molecular weight is 253 g/mol. The van der Waals surface area contributed by atoms with Gasteiger partial charge in [-0.2, -0.15) is 5.10 Å². The van der Waals surface area contributed by atoms with Gasteiger partial charge in [0.05, 0.1) is 5.75 Å². The van der Waals surface area contributed by atoms with Gasteiger partial charge in [0.2, 0.25) is 10.0 Å². The molecule has 0 aliphatic heterocycles. The standard InChI is InChI=1S/C7H13ClN4O2S/c8-3-1-5-15(13,14)11-4-2-7-9-6-10-12-7/h6,11H,1-5H2,(H,9,10,12). The number of aromatic amines is 1. The second kappa shape index (κ2) is 6.04. The van der Waals surface area contributed by atoms with E-state index >= 15 is 0 Å². The Hall–Kier alpha value is -0.660. The Kier molecular flexibility index (Phi) is 5.00. The van der Waals surface area contributed by atoms with Crippen LogP contribution < -0.4 is 4.72 Å². The number of halogens is 1. The molecule has 8 heteroatoms. The molecule has 0 aromatic carbocycles. The molecule has 15 heavy (non-hydrogen) atoms. The quantitative estimate of drug-likeness (QED) is 0.663. The van der Waals surface area contributed by atoms with E-state index < -0.39 is 10.0 Å². The van der Waals surface area contributed by atoms with Crippen molar-refractivity contribution in [2.45, 2.75) is 12.8 Å². The number of sulfonamides is 1. The molecular weight excluding hydrogens is 240 g/mol. The molecule has 0 atom stereocenters. The first-order valence-corrected chi connectivity index (χ1v) is 6.70. The summed E-state index contributed by atoms with van der Waals surface area (Å²) in [5.41, 5.74) is 0. The highest BCUT2D eigenvalue weighted by Gasteiger charge is 2.08. The Labute approximate surface area is 93.5 Å². The molecule has 0 radical (unpaired) electrons. The largest absolute Gasteiger partial charge is 0.263 e. The molecule has 1 aromatic heterocycles. The van der Waals surface area contributed by atoms with Crippen molar-refractivity contribution < 1.29 is 8.42 Å². The van der Waals surface area contributed by atoms with Crippen molar-refractivity contribution in [3.8, 4) is 0 Å². The van der Waals surface area contributed by atoms with E-state index in [1.807, 2.05) is 0 Å². The van der Waals surface area contributed by atoms with E-state index in [2.05, 4.69) is 19.9 Å². The maximum atomic E-state index is 11.3. The van der Waals surface area contributed by atoms with Crippen molar-refractivity contribution in [3.05, 3.63) is 12.2 Å². The Balaban J connectivity index is 2.24. The molecule has 0 aliphatic carbocycles. The van der Waals surface area contributed by atoms with Crippen molar-refractivity contribution in [2.24, 2.45) is 0 Å². The summed E-state index contributed by atoms with van der Waals surface area (Å²) in [6, 6.07) is 0. The van der Waals surface area contributed by atoms with Gasteiger partial charge in [0.15, 0.2) is 0 Å². The molecule has 0 aliphatic rings. The predicted octanol–water partition coefficient (Wildman–Crippen LogP) is -0.105. The van der Waals surface area contributed by atoms with Crippen LogP contribution in [0.4, 0.5) is 0 Å². The highest BCUT2D eigenvalue weighted by Crippen LogP contribution is 1.93. The lowest BCUT2D eigenvalue weighted by Crippen LogP contribution is -2.28. The van der Waals surface area contributed by atoms with E-state index in [1.54, 1.807) is 0 Å². The van der Waals surface area contributed by atoms with E-state index in [9.17, 15) is 8.42 Å². The highest BCUT2D eigenvalue weighted by atomic mass is 35.5. The number of nitrogens with one attached hydrogen (secondary N) is 2. The minimum atomic E-state index is -3.19. The third-order valence-corrected chi connectivity index (χ3v) is 3.43. The van der Waals surface area contributed by atoms with Crippen LogP contribution in [-0.2, 0) is 16.4 Å². The van der Waals surface area contributed by atoms with Crippen LogP contribution in [0.1, 0.15) is 12.2 Å². The molecule has 0 bridgehead atoms. The fraction of sp³-hybridized carbons (Fsp3) is 0.714. The third kappa shape index (κ3) is 5.10. The SMILES string of the molecule is O=S(=O)(CCCCl)NCCc1ncn[nH]1. The lowest BCUT2D eigenvalue weighted by atomic mass is 10.4. The summed E-state index contributed by atoms with van der Waals surface area (Å²) in [7, 11) is -3.19. The van der Waals surface area contributed by atoms with Gasteiger partial charge in [0.25, 0.3) is 0 Å². The van der Waals surface area contributed by atoms with Crippen LogP contribution in [0.15, 0.2) is 6.33 Å². The maximum Gasteiger partial charge on any atom is 0.211 e. The highest BCUT2D eigenvalue weighted by molar-refractivity contribution is 7.89. The molecule has 0 saturated heterocycles. The van der Waals surface area contributed by atoms with Crippen LogP contribution in [0, 0.1) is 0 Å². The van der Waals surface area contributed by atoms with Crippen molar-refractivity contribution >= 4 is 21.6 Å².